The van der Waals surface area contributed by atoms with Gasteiger partial charge in [-0.3, -0.25) is 0 Å². The van der Waals surface area contributed by atoms with Crippen LogP contribution in [-0.4, -0.2) is 5.11 Å². The Morgan fingerprint density at radius 2 is 1.88 bits per heavy atom. The third kappa shape index (κ3) is 4.35. The van der Waals surface area contributed by atoms with E-state index in [0.29, 0.717) is 12.4 Å². The van der Waals surface area contributed by atoms with Crippen LogP contribution in [0.1, 0.15) is 32.3 Å². The summed E-state index contributed by atoms with van der Waals surface area (Å²) < 4.78 is 5.56. The smallest absolute Gasteiger partial charge is 0.152 e. The Bertz CT molecular complexity index is 377. The molecule has 0 bridgehead atoms. The Hall–Kier alpha value is -1.70. The van der Waals surface area contributed by atoms with Crippen LogP contribution >= 0.6 is 0 Å². The van der Waals surface area contributed by atoms with E-state index < -0.39 is 0 Å². The fourth-order valence-corrected chi connectivity index (χ4v) is 1.52. The molecule has 2 heteroatoms. The lowest BCUT2D eigenvalue weighted by Gasteiger charge is -2.13. The van der Waals surface area contributed by atoms with Gasteiger partial charge in [0, 0.05) is 6.42 Å². The molecule has 0 aliphatic heterocycles. The summed E-state index contributed by atoms with van der Waals surface area (Å²) in [7, 11) is 0. The second kappa shape index (κ2) is 7.55. The lowest BCUT2D eigenvalue weighted by atomic mass is 10.1. The van der Waals surface area contributed by atoms with Crippen LogP contribution in [-0.2, 0) is 11.3 Å². The van der Waals surface area contributed by atoms with Crippen molar-refractivity contribution in [2.45, 2.75) is 33.3 Å². The number of aliphatic hydroxyl groups is 1. The van der Waals surface area contributed by atoms with Gasteiger partial charge in [-0.2, -0.15) is 0 Å². The minimum atomic E-state index is 0.261. The molecule has 0 radical (unpaired) electrons. The number of hydrogen-bond donors (Lipinski definition) is 1. The van der Waals surface area contributed by atoms with Gasteiger partial charge in [0.1, 0.15) is 12.4 Å². The molecule has 0 amide bonds. The third-order valence-electron chi connectivity index (χ3n) is 2.36. The molecule has 17 heavy (non-hydrogen) atoms. The zero-order valence-corrected chi connectivity index (χ0v) is 10.5. The van der Waals surface area contributed by atoms with Crippen molar-refractivity contribution in [2.24, 2.45) is 0 Å². The maximum atomic E-state index is 9.51. The van der Waals surface area contributed by atoms with Crippen LogP contribution in [0.2, 0.25) is 0 Å². The molecule has 1 aromatic carbocycles. The van der Waals surface area contributed by atoms with Gasteiger partial charge in [-0.15, -0.1) is 0 Å². The van der Waals surface area contributed by atoms with E-state index in [2.05, 4.69) is 0 Å². The Morgan fingerprint density at radius 3 is 2.53 bits per heavy atom. The van der Waals surface area contributed by atoms with Crippen molar-refractivity contribution in [3.63, 3.8) is 0 Å². The highest BCUT2D eigenvalue weighted by atomic mass is 16.5. The normalized spacial score (nSPS) is 14.0. The molecule has 1 aliphatic rings. The van der Waals surface area contributed by atoms with Crippen LogP contribution in [0.4, 0.5) is 0 Å². The average Bonchev–Trinajstić information content (AvgIpc) is 2.41. The summed E-state index contributed by atoms with van der Waals surface area (Å²) in [6.45, 7) is 4.52. The zero-order chi connectivity index (χ0) is 12.5. The number of ether oxygens (including phenoxy) is 1. The summed E-state index contributed by atoms with van der Waals surface area (Å²) in [4.78, 5) is 0. The van der Waals surface area contributed by atoms with Crippen LogP contribution in [0, 0.1) is 0 Å². The summed E-state index contributed by atoms with van der Waals surface area (Å²) in [5, 5.41) is 9.51. The molecule has 1 aromatic rings. The predicted octanol–water partition coefficient (Wildman–Crippen LogP) is 4.35. The van der Waals surface area contributed by atoms with Crippen molar-refractivity contribution >= 4 is 0 Å². The molecule has 1 N–H and O–H groups in total. The van der Waals surface area contributed by atoms with Gasteiger partial charge in [0.25, 0.3) is 0 Å². The molecule has 0 fully saturated rings. The molecule has 2 rings (SSSR count). The second-order valence-corrected chi connectivity index (χ2v) is 3.52. The molecule has 0 atom stereocenters. The van der Waals surface area contributed by atoms with E-state index in [4.69, 9.17) is 4.74 Å². The first-order valence-corrected chi connectivity index (χ1v) is 6.11. The van der Waals surface area contributed by atoms with E-state index in [1.807, 2.05) is 50.3 Å². The molecular formula is C15H20O2. The van der Waals surface area contributed by atoms with E-state index in [0.717, 1.165) is 18.4 Å². The molecule has 0 spiro atoms. The minimum absolute atomic E-state index is 0.261. The molecule has 0 unspecified atom stereocenters. The number of allylic oxidation sites excluding steroid dienone is 3. The van der Waals surface area contributed by atoms with Crippen molar-refractivity contribution in [3.8, 4) is 0 Å². The summed E-state index contributed by atoms with van der Waals surface area (Å²) in [6.07, 6.45) is 5.37. The minimum Gasteiger partial charge on any atom is -0.504 e. The molecule has 0 saturated heterocycles. The van der Waals surface area contributed by atoms with Crippen LogP contribution in [0.5, 0.6) is 0 Å². The number of rotatable bonds is 3. The average molecular weight is 232 g/mol. The van der Waals surface area contributed by atoms with Gasteiger partial charge in [-0.1, -0.05) is 50.3 Å². The summed E-state index contributed by atoms with van der Waals surface area (Å²) >= 11 is 0. The topological polar surface area (TPSA) is 29.5 Å². The lowest BCUT2D eigenvalue weighted by molar-refractivity contribution is 0.170. The van der Waals surface area contributed by atoms with E-state index in [9.17, 15) is 5.11 Å². The first kappa shape index (κ1) is 13.4. The highest BCUT2D eigenvalue weighted by Gasteiger charge is 2.08. The van der Waals surface area contributed by atoms with Crippen LogP contribution in [0.3, 0.4) is 0 Å². The number of benzene rings is 1. The first-order valence-electron chi connectivity index (χ1n) is 6.11. The molecular weight excluding hydrogens is 212 g/mol. The van der Waals surface area contributed by atoms with Gasteiger partial charge < -0.3 is 9.84 Å². The van der Waals surface area contributed by atoms with Gasteiger partial charge in [-0.05, 0) is 18.1 Å². The number of hydrogen-bond acceptors (Lipinski definition) is 2. The quantitative estimate of drug-likeness (QED) is 0.839. The fraction of sp³-hybridized carbons (Fsp3) is 0.333. The molecule has 0 aromatic heterocycles. The van der Waals surface area contributed by atoms with Gasteiger partial charge >= 0.3 is 0 Å². The van der Waals surface area contributed by atoms with Crippen LogP contribution in [0.25, 0.3) is 0 Å². The van der Waals surface area contributed by atoms with E-state index in [1.54, 1.807) is 6.08 Å². The van der Waals surface area contributed by atoms with E-state index in [-0.39, 0.29) is 5.76 Å². The van der Waals surface area contributed by atoms with E-state index in [1.165, 1.54) is 0 Å². The molecule has 2 nitrogen and oxygen atoms in total. The number of aliphatic hydroxyl groups excluding tert-OH is 1. The van der Waals surface area contributed by atoms with Gasteiger partial charge in [0.05, 0.1) is 0 Å². The highest BCUT2D eigenvalue weighted by molar-refractivity contribution is 5.20. The van der Waals surface area contributed by atoms with Gasteiger partial charge in [-0.25, -0.2) is 0 Å². The standard InChI is InChI=1S/C13H14O2.C2H6/c14-12-8-4-5-9-13(12)15-10-11-6-2-1-3-7-11;1-2/h1-4,6-8,14H,5,9-10H2;1-2H3. The van der Waals surface area contributed by atoms with Crippen molar-refractivity contribution in [3.05, 3.63) is 59.6 Å². The van der Waals surface area contributed by atoms with Crippen LogP contribution in [0.15, 0.2) is 54.0 Å². The summed E-state index contributed by atoms with van der Waals surface area (Å²) in [5.41, 5.74) is 1.12. The van der Waals surface area contributed by atoms with E-state index >= 15 is 0 Å². The predicted molar refractivity (Wildman–Crippen MR) is 70.6 cm³/mol. The maximum Gasteiger partial charge on any atom is 0.152 e. The molecule has 0 heterocycles. The summed E-state index contributed by atoms with van der Waals surface area (Å²) in [5.74, 6) is 0.957. The largest absolute Gasteiger partial charge is 0.504 e. The Kier molecular flexibility index (Phi) is 5.94. The van der Waals surface area contributed by atoms with Crippen molar-refractivity contribution in [1.82, 2.24) is 0 Å². The Balaban J connectivity index is 0.000000686. The van der Waals surface area contributed by atoms with Crippen molar-refractivity contribution in [2.75, 3.05) is 0 Å². The zero-order valence-electron chi connectivity index (χ0n) is 10.5. The third-order valence-corrected chi connectivity index (χ3v) is 2.36. The van der Waals surface area contributed by atoms with Gasteiger partial charge in [0.15, 0.2) is 5.76 Å². The monoisotopic (exact) mass is 232 g/mol. The SMILES string of the molecule is CC.OC1=C(OCc2ccccc2)CCC=C1. The molecule has 92 valence electrons. The molecule has 0 saturated carbocycles. The Morgan fingerprint density at radius 1 is 1.18 bits per heavy atom. The van der Waals surface area contributed by atoms with Crippen molar-refractivity contribution < 1.29 is 9.84 Å². The first-order chi connectivity index (χ1) is 8.36. The maximum absolute atomic E-state index is 9.51. The Labute approximate surface area is 103 Å². The van der Waals surface area contributed by atoms with Crippen molar-refractivity contribution in [1.29, 1.82) is 0 Å². The highest BCUT2D eigenvalue weighted by Crippen LogP contribution is 2.19. The lowest BCUT2D eigenvalue weighted by Crippen LogP contribution is -2.00. The summed E-state index contributed by atoms with van der Waals surface area (Å²) in [6, 6.07) is 9.96. The van der Waals surface area contributed by atoms with Gasteiger partial charge in [0.2, 0.25) is 0 Å². The molecule has 1 aliphatic carbocycles. The van der Waals surface area contributed by atoms with Crippen LogP contribution < -0.4 is 0 Å². The fourth-order valence-electron chi connectivity index (χ4n) is 1.52. The second-order valence-electron chi connectivity index (χ2n) is 3.52.